The zero-order valence-electron chi connectivity index (χ0n) is 15.9. The van der Waals surface area contributed by atoms with E-state index in [0.717, 1.165) is 49.1 Å². The highest BCUT2D eigenvalue weighted by Gasteiger charge is 2.17. The Morgan fingerprint density at radius 3 is 2.59 bits per heavy atom. The van der Waals surface area contributed by atoms with Crippen molar-refractivity contribution in [3.8, 4) is 5.75 Å². The first-order chi connectivity index (χ1) is 13.2. The van der Waals surface area contributed by atoms with E-state index in [9.17, 15) is 0 Å². The Hall–Kier alpha value is -2.79. The number of aryl methyl sites for hydroxylation is 1. The normalized spacial score (nSPS) is 14.4. The van der Waals surface area contributed by atoms with Crippen molar-refractivity contribution < 1.29 is 9.47 Å². The molecule has 0 aliphatic carbocycles. The monoisotopic (exact) mass is 363 g/mol. The lowest BCUT2D eigenvalue weighted by atomic mass is 10.1. The third kappa shape index (κ3) is 3.98. The predicted molar refractivity (Wildman–Crippen MR) is 110 cm³/mol. The van der Waals surface area contributed by atoms with Crippen molar-refractivity contribution >= 4 is 22.4 Å². The molecule has 1 aliphatic rings. The molecule has 0 unspecified atom stereocenters. The molecule has 0 spiro atoms. The highest BCUT2D eigenvalue weighted by Crippen LogP contribution is 2.30. The molecule has 0 amide bonds. The average molecular weight is 363 g/mol. The largest absolute Gasteiger partial charge is 0.497 e. The van der Waals surface area contributed by atoms with Crippen LogP contribution >= 0.6 is 0 Å². The average Bonchev–Trinajstić information content (AvgIpc) is 2.72. The summed E-state index contributed by atoms with van der Waals surface area (Å²) in [5.74, 6) is 1.79. The van der Waals surface area contributed by atoms with Gasteiger partial charge in [0.05, 0.1) is 31.5 Å². The van der Waals surface area contributed by atoms with Crippen molar-refractivity contribution in [2.24, 2.45) is 0 Å². The van der Waals surface area contributed by atoms with Gasteiger partial charge in [-0.05, 0) is 42.8 Å². The van der Waals surface area contributed by atoms with Crippen molar-refractivity contribution in [1.82, 2.24) is 4.98 Å². The maximum absolute atomic E-state index is 5.52. The number of hydrogen-bond donors (Lipinski definition) is 1. The fourth-order valence-corrected chi connectivity index (χ4v) is 3.39. The minimum Gasteiger partial charge on any atom is -0.497 e. The maximum atomic E-state index is 5.52. The van der Waals surface area contributed by atoms with E-state index in [1.165, 1.54) is 16.5 Å². The van der Waals surface area contributed by atoms with Crippen LogP contribution in [0.15, 0.2) is 48.5 Å². The highest BCUT2D eigenvalue weighted by atomic mass is 16.5. The van der Waals surface area contributed by atoms with E-state index in [0.29, 0.717) is 6.54 Å². The Morgan fingerprint density at radius 2 is 1.85 bits per heavy atom. The van der Waals surface area contributed by atoms with Crippen molar-refractivity contribution in [2.45, 2.75) is 13.5 Å². The maximum Gasteiger partial charge on any atom is 0.150 e. The lowest BCUT2D eigenvalue weighted by Gasteiger charge is -2.30. The zero-order valence-corrected chi connectivity index (χ0v) is 15.9. The quantitative estimate of drug-likeness (QED) is 0.742. The van der Waals surface area contributed by atoms with E-state index < -0.39 is 0 Å². The molecule has 0 bridgehead atoms. The number of pyridine rings is 1. The molecule has 2 aromatic carbocycles. The van der Waals surface area contributed by atoms with Gasteiger partial charge in [0, 0.05) is 25.0 Å². The SMILES string of the molecule is COc1ccc(CNc2nc3ccc(C)cc3cc2N2CCOCC2)cc1. The van der Waals surface area contributed by atoms with Crippen LogP contribution in [0.5, 0.6) is 5.75 Å². The number of nitrogens with zero attached hydrogens (tertiary/aromatic N) is 2. The summed E-state index contributed by atoms with van der Waals surface area (Å²) in [6.45, 7) is 6.11. The molecule has 5 heteroatoms. The van der Waals surface area contributed by atoms with E-state index >= 15 is 0 Å². The van der Waals surface area contributed by atoms with Gasteiger partial charge in [0.1, 0.15) is 5.75 Å². The van der Waals surface area contributed by atoms with E-state index in [-0.39, 0.29) is 0 Å². The molecule has 140 valence electrons. The second-order valence-electron chi connectivity index (χ2n) is 6.85. The first kappa shape index (κ1) is 17.6. The van der Waals surface area contributed by atoms with Crippen molar-refractivity contribution in [3.63, 3.8) is 0 Å². The van der Waals surface area contributed by atoms with Gasteiger partial charge >= 0.3 is 0 Å². The standard InChI is InChI=1S/C22H25N3O2/c1-16-3-8-20-18(13-16)14-21(25-9-11-27-12-10-25)22(24-20)23-15-17-4-6-19(26-2)7-5-17/h3-8,13-14H,9-12,15H2,1-2H3,(H,23,24). The molecule has 5 nitrogen and oxygen atoms in total. The number of aromatic nitrogens is 1. The second kappa shape index (κ2) is 7.84. The van der Waals surface area contributed by atoms with E-state index in [1.54, 1.807) is 7.11 Å². The van der Waals surface area contributed by atoms with Crippen LogP contribution in [-0.2, 0) is 11.3 Å². The van der Waals surface area contributed by atoms with Gasteiger partial charge in [-0.25, -0.2) is 4.98 Å². The summed E-state index contributed by atoms with van der Waals surface area (Å²) in [4.78, 5) is 7.28. The number of benzene rings is 2. The third-order valence-electron chi connectivity index (χ3n) is 4.92. The third-order valence-corrected chi connectivity index (χ3v) is 4.92. The van der Waals surface area contributed by atoms with E-state index in [2.05, 4.69) is 53.5 Å². The number of methoxy groups -OCH3 is 1. The molecule has 1 aromatic heterocycles. The molecule has 0 saturated carbocycles. The van der Waals surface area contributed by atoms with Gasteiger partial charge in [-0.1, -0.05) is 23.8 Å². The predicted octanol–water partition coefficient (Wildman–Crippen LogP) is 4.00. The summed E-state index contributed by atoms with van der Waals surface area (Å²) in [6.07, 6.45) is 0. The van der Waals surface area contributed by atoms with Crippen molar-refractivity contribution in [3.05, 3.63) is 59.7 Å². The van der Waals surface area contributed by atoms with Gasteiger partial charge in [-0.2, -0.15) is 0 Å². The smallest absolute Gasteiger partial charge is 0.150 e. The minimum absolute atomic E-state index is 0.714. The number of hydrogen-bond acceptors (Lipinski definition) is 5. The summed E-state index contributed by atoms with van der Waals surface area (Å²) in [5.41, 5.74) is 4.59. The number of fused-ring (bicyclic) bond motifs is 1. The summed E-state index contributed by atoms with van der Waals surface area (Å²) >= 11 is 0. The minimum atomic E-state index is 0.714. The van der Waals surface area contributed by atoms with Crippen LogP contribution in [0.2, 0.25) is 0 Å². The topological polar surface area (TPSA) is 46.6 Å². The molecule has 3 aromatic rings. The van der Waals surface area contributed by atoms with Crippen molar-refractivity contribution in [1.29, 1.82) is 0 Å². The van der Waals surface area contributed by atoms with Crippen LogP contribution < -0.4 is 15.0 Å². The highest BCUT2D eigenvalue weighted by molar-refractivity contribution is 5.87. The van der Waals surface area contributed by atoms with E-state index in [4.69, 9.17) is 14.5 Å². The molecule has 4 rings (SSSR count). The summed E-state index contributed by atoms with van der Waals surface area (Å²) in [7, 11) is 1.68. The molecular formula is C22H25N3O2. The van der Waals surface area contributed by atoms with Crippen LogP contribution in [0.4, 0.5) is 11.5 Å². The molecular weight excluding hydrogens is 338 g/mol. The van der Waals surface area contributed by atoms with Gasteiger partial charge in [0.15, 0.2) is 5.82 Å². The van der Waals surface area contributed by atoms with E-state index in [1.807, 2.05) is 12.1 Å². The molecule has 0 atom stereocenters. The Kier molecular flexibility index (Phi) is 5.12. The van der Waals surface area contributed by atoms with Crippen LogP contribution in [0.25, 0.3) is 10.9 Å². The lowest BCUT2D eigenvalue weighted by Crippen LogP contribution is -2.36. The van der Waals surface area contributed by atoms with Crippen LogP contribution in [0.1, 0.15) is 11.1 Å². The Bertz CT molecular complexity index is 919. The van der Waals surface area contributed by atoms with Gasteiger partial charge < -0.3 is 19.7 Å². The fraction of sp³-hybridized carbons (Fsp3) is 0.318. The summed E-state index contributed by atoms with van der Waals surface area (Å²) in [6, 6.07) is 16.8. The van der Waals surface area contributed by atoms with Gasteiger partial charge in [0.2, 0.25) is 0 Å². The molecule has 2 heterocycles. The first-order valence-electron chi connectivity index (χ1n) is 9.34. The van der Waals surface area contributed by atoms with Crippen LogP contribution in [0, 0.1) is 6.92 Å². The molecule has 27 heavy (non-hydrogen) atoms. The first-order valence-corrected chi connectivity index (χ1v) is 9.34. The van der Waals surface area contributed by atoms with Crippen molar-refractivity contribution in [2.75, 3.05) is 43.6 Å². The molecule has 1 aliphatic heterocycles. The molecule has 0 radical (unpaired) electrons. The summed E-state index contributed by atoms with van der Waals surface area (Å²) < 4.78 is 10.8. The molecule has 1 fully saturated rings. The Labute approximate surface area is 159 Å². The Balaban J connectivity index is 1.64. The van der Waals surface area contributed by atoms with Crippen LogP contribution in [0.3, 0.4) is 0 Å². The molecule has 1 saturated heterocycles. The zero-order chi connectivity index (χ0) is 18.6. The lowest BCUT2D eigenvalue weighted by molar-refractivity contribution is 0.123. The number of ether oxygens (including phenoxy) is 2. The van der Waals surface area contributed by atoms with Crippen LogP contribution in [-0.4, -0.2) is 38.4 Å². The number of rotatable bonds is 5. The Morgan fingerprint density at radius 1 is 1.07 bits per heavy atom. The summed E-state index contributed by atoms with van der Waals surface area (Å²) in [5, 5.41) is 4.71. The second-order valence-corrected chi connectivity index (χ2v) is 6.85. The van der Waals surface area contributed by atoms with Gasteiger partial charge in [0.25, 0.3) is 0 Å². The van der Waals surface area contributed by atoms with Gasteiger partial charge in [-0.3, -0.25) is 0 Å². The number of morpholine rings is 1. The number of nitrogens with one attached hydrogen (secondary N) is 1. The fourth-order valence-electron chi connectivity index (χ4n) is 3.39. The van der Waals surface area contributed by atoms with Gasteiger partial charge in [-0.15, -0.1) is 0 Å². The number of anilines is 2. The molecule has 1 N–H and O–H groups in total.